The van der Waals surface area contributed by atoms with Gasteiger partial charge in [-0.15, -0.1) is 0 Å². The van der Waals surface area contributed by atoms with Crippen molar-refractivity contribution in [1.82, 2.24) is 20.1 Å². The molecule has 0 aliphatic heterocycles. The maximum Gasteiger partial charge on any atom is 0.319 e. The van der Waals surface area contributed by atoms with Gasteiger partial charge in [0.05, 0.1) is 31.1 Å². The molecule has 7 nitrogen and oxygen atoms in total. The summed E-state index contributed by atoms with van der Waals surface area (Å²) < 4.78 is 6.68. The van der Waals surface area contributed by atoms with E-state index < -0.39 is 0 Å². The number of methoxy groups -OCH3 is 1. The molecule has 112 valence electrons. The summed E-state index contributed by atoms with van der Waals surface area (Å²) in [7, 11) is 1.63. The van der Waals surface area contributed by atoms with Crippen molar-refractivity contribution in [1.29, 1.82) is 0 Å². The maximum absolute atomic E-state index is 11.9. The molecule has 21 heavy (non-hydrogen) atoms. The van der Waals surface area contributed by atoms with Crippen LogP contribution in [0.1, 0.15) is 18.5 Å². The van der Waals surface area contributed by atoms with E-state index in [0.717, 1.165) is 5.56 Å². The highest BCUT2D eigenvalue weighted by Gasteiger charge is 2.10. The van der Waals surface area contributed by atoms with E-state index in [0.29, 0.717) is 18.8 Å². The van der Waals surface area contributed by atoms with Crippen molar-refractivity contribution < 1.29 is 9.53 Å². The average Bonchev–Trinajstić information content (AvgIpc) is 2.93. The lowest BCUT2D eigenvalue weighted by atomic mass is 10.1. The molecule has 2 heterocycles. The Morgan fingerprint density at radius 3 is 3.05 bits per heavy atom. The van der Waals surface area contributed by atoms with Crippen LogP contribution in [0, 0.1) is 0 Å². The Hall–Kier alpha value is -2.41. The summed E-state index contributed by atoms with van der Waals surface area (Å²) in [5.41, 5.74) is 1.59. The number of rotatable bonds is 6. The molecule has 0 radical (unpaired) electrons. The highest BCUT2D eigenvalue weighted by molar-refractivity contribution is 5.89. The largest absolute Gasteiger partial charge is 0.383 e. The molecule has 0 aromatic carbocycles. The zero-order chi connectivity index (χ0) is 15.1. The van der Waals surface area contributed by atoms with Crippen LogP contribution < -0.4 is 10.6 Å². The predicted molar refractivity (Wildman–Crippen MR) is 78.9 cm³/mol. The van der Waals surface area contributed by atoms with Gasteiger partial charge in [0.25, 0.3) is 0 Å². The van der Waals surface area contributed by atoms with Gasteiger partial charge in [-0.1, -0.05) is 6.07 Å². The van der Waals surface area contributed by atoms with E-state index in [4.69, 9.17) is 4.74 Å². The first-order chi connectivity index (χ1) is 10.2. The Morgan fingerprint density at radius 1 is 1.48 bits per heavy atom. The van der Waals surface area contributed by atoms with Crippen molar-refractivity contribution in [2.24, 2.45) is 0 Å². The Morgan fingerprint density at radius 2 is 2.33 bits per heavy atom. The summed E-state index contributed by atoms with van der Waals surface area (Å²) >= 11 is 0. The van der Waals surface area contributed by atoms with E-state index in [9.17, 15) is 4.79 Å². The van der Waals surface area contributed by atoms with Crippen LogP contribution in [-0.2, 0) is 11.3 Å². The second kappa shape index (κ2) is 7.39. The fourth-order valence-corrected chi connectivity index (χ4v) is 1.81. The summed E-state index contributed by atoms with van der Waals surface area (Å²) in [5, 5.41) is 9.72. The van der Waals surface area contributed by atoms with E-state index in [1.54, 1.807) is 36.6 Å². The van der Waals surface area contributed by atoms with Gasteiger partial charge in [0.1, 0.15) is 0 Å². The summed E-state index contributed by atoms with van der Waals surface area (Å²) in [4.78, 5) is 15.9. The number of nitrogens with one attached hydrogen (secondary N) is 2. The standard InChI is InChI=1S/C14H19N5O2/c1-11(12-4-3-5-15-8-12)17-14(20)18-13-9-16-19(10-13)6-7-21-2/h3-5,8-11H,6-7H2,1-2H3,(H2,17,18,20). The van der Waals surface area contributed by atoms with Crippen LogP contribution in [0.4, 0.5) is 10.5 Å². The Balaban J connectivity index is 1.85. The molecule has 0 aliphatic rings. The molecule has 1 unspecified atom stereocenters. The number of carbonyl (C=O) groups is 1. The molecule has 7 heteroatoms. The number of carbonyl (C=O) groups excluding carboxylic acids is 1. The Bertz CT molecular complexity index is 570. The van der Waals surface area contributed by atoms with Gasteiger partial charge in [-0.2, -0.15) is 5.10 Å². The Labute approximate surface area is 123 Å². The van der Waals surface area contributed by atoms with E-state index in [1.807, 2.05) is 19.1 Å². The minimum Gasteiger partial charge on any atom is -0.383 e. The number of anilines is 1. The number of amides is 2. The monoisotopic (exact) mass is 289 g/mol. The lowest BCUT2D eigenvalue weighted by molar-refractivity contribution is 0.183. The predicted octanol–water partition coefficient (Wildman–Crippen LogP) is 1.81. The highest BCUT2D eigenvalue weighted by atomic mass is 16.5. The number of urea groups is 1. The number of pyridine rings is 1. The van der Waals surface area contributed by atoms with Gasteiger partial charge >= 0.3 is 6.03 Å². The van der Waals surface area contributed by atoms with E-state index in [2.05, 4.69) is 20.7 Å². The van der Waals surface area contributed by atoms with Crippen molar-refractivity contribution in [2.45, 2.75) is 19.5 Å². The lowest BCUT2D eigenvalue weighted by Gasteiger charge is -2.13. The molecule has 0 fully saturated rings. The summed E-state index contributed by atoms with van der Waals surface area (Å²) in [6.07, 6.45) is 6.79. The molecule has 0 saturated heterocycles. The first-order valence-corrected chi connectivity index (χ1v) is 6.68. The molecule has 0 spiro atoms. The van der Waals surface area contributed by atoms with Crippen molar-refractivity contribution in [2.75, 3.05) is 19.0 Å². The smallest absolute Gasteiger partial charge is 0.319 e. The van der Waals surface area contributed by atoms with Crippen LogP contribution in [0.3, 0.4) is 0 Å². The van der Waals surface area contributed by atoms with Gasteiger partial charge in [-0.05, 0) is 18.6 Å². The molecule has 0 saturated carbocycles. The third-order valence-corrected chi connectivity index (χ3v) is 2.95. The first-order valence-electron chi connectivity index (χ1n) is 6.68. The van der Waals surface area contributed by atoms with Crippen LogP contribution in [0.15, 0.2) is 36.9 Å². The van der Waals surface area contributed by atoms with Crippen LogP contribution in [-0.4, -0.2) is 34.5 Å². The minimum atomic E-state index is -0.280. The van der Waals surface area contributed by atoms with Crippen molar-refractivity contribution in [3.63, 3.8) is 0 Å². The molecule has 2 aromatic rings. The van der Waals surface area contributed by atoms with Crippen LogP contribution >= 0.6 is 0 Å². The van der Waals surface area contributed by atoms with E-state index in [-0.39, 0.29) is 12.1 Å². The lowest BCUT2D eigenvalue weighted by Crippen LogP contribution is -2.31. The van der Waals surface area contributed by atoms with Crippen molar-refractivity contribution >= 4 is 11.7 Å². The second-order valence-corrected chi connectivity index (χ2v) is 4.59. The molecule has 1 atom stereocenters. The highest BCUT2D eigenvalue weighted by Crippen LogP contribution is 2.10. The third-order valence-electron chi connectivity index (χ3n) is 2.95. The quantitative estimate of drug-likeness (QED) is 0.849. The zero-order valence-electron chi connectivity index (χ0n) is 12.1. The van der Waals surface area contributed by atoms with Gasteiger partial charge in [0, 0.05) is 25.7 Å². The molecule has 2 rings (SSSR count). The number of ether oxygens (including phenoxy) is 1. The fraction of sp³-hybridized carbons (Fsp3) is 0.357. The summed E-state index contributed by atoms with van der Waals surface area (Å²) in [6.45, 7) is 3.12. The van der Waals surface area contributed by atoms with Gasteiger partial charge in [-0.25, -0.2) is 4.79 Å². The fourth-order valence-electron chi connectivity index (χ4n) is 1.81. The normalized spacial score (nSPS) is 11.9. The van der Waals surface area contributed by atoms with Crippen molar-refractivity contribution in [3.8, 4) is 0 Å². The van der Waals surface area contributed by atoms with E-state index in [1.165, 1.54) is 0 Å². The number of hydrogen-bond acceptors (Lipinski definition) is 4. The topological polar surface area (TPSA) is 81.1 Å². The van der Waals surface area contributed by atoms with Crippen molar-refractivity contribution in [3.05, 3.63) is 42.5 Å². The third kappa shape index (κ3) is 4.57. The number of nitrogens with zero attached hydrogens (tertiary/aromatic N) is 3. The summed E-state index contributed by atoms with van der Waals surface area (Å²) in [5.74, 6) is 0. The maximum atomic E-state index is 11.9. The molecular formula is C14H19N5O2. The molecule has 2 N–H and O–H groups in total. The second-order valence-electron chi connectivity index (χ2n) is 4.59. The van der Waals surface area contributed by atoms with Gasteiger partial charge in [-0.3, -0.25) is 9.67 Å². The minimum absolute atomic E-state index is 0.123. The molecular weight excluding hydrogens is 270 g/mol. The Kier molecular flexibility index (Phi) is 5.28. The number of aromatic nitrogens is 3. The van der Waals surface area contributed by atoms with Crippen LogP contribution in [0.5, 0.6) is 0 Å². The average molecular weight is 289 g/mol. The SMILES string of the molecule is COCCn1cc(NC(=O)NC(C)c2cccnc2)cn1. The summed E-state index contributed by atoms with van der Waals surface area (Å²) in [6, 6.07) is 3.35. The van der Waals surface area contributed by atoms with E-state index >= 15 is 0 Å². The molecule has 0 aliphatic carbocycles. The number of hydrogen-bond donors (Lipinski definition) is 2. The van der Waals surface area contributed by atoms with Gasteiger partial charge < -0.3 is 15.4 Å². The van der Waals surface area contributed by atoms with Crippen LogP contribution in [0.25, 0.3) is 0 Å². The van der Waals surface area contributed by atoms with Crippen LogP contribution in [0.2, 0.25) is 0 Å². The van der Waals surface area contributed by atoms with Gasteiger partial charge in [0.2, 0.25) is 0 Å². The zero-order valence-corrected chi connectivity index (χ0v) is 12.1. The molecule has 0 bridgehead atoms. The first kappa shape index (κ1) is 15.0. The van der Waals surface area contributed by atoms with Gasteiger partial charge in [0.15, 0.2) is 0 Å². The molecule has 2 amide bonds. The molecule has 2 aromatic heterocycles.